The van der Waals surface area contributed by atoms with Crippen LogP contribution in [0.25, 0.3) is 0 Å². The maximum Gasteiger partial charge on any atom is 0.250 e. The Balaban J connectivity index is 1.63. The lowest BCUT2D eigenvalue weighted by Crippen LogP contribution is -2.53. The minimum Gasteiger partial charge on any atom is -0.370 e. The lowest BCUT2D eigenvalue weighted by Gasteiger charge is -2.29. The van der Waals surface area contributed by atoms with E-state index in [4.69, 9.17) is 5.73 Å². The Labute approximate surface area is 185 Å². The van der Waals surface area contributed by atoms with E-state index in [0.29, 0.717) is 11.3 Å². The zero-order valence-corrected chi connectivity index (χ0v) is 17.8. The number of hydrogen-bond acceptors (Lipinski definition) is 5. The summed E-state index contributed by atoms with van der Waals surface area (Å²) in [4.78, 5) is 53.6. The lowest BCUT2D eigenvalue weighted by molar-refractivity contribution is -0.143. The van der Waals surface area contributed by atoms with Crippen LogP contribution in [0.15, 0.2) is 42.5 Å². The van der Waals surface area contributed by atoms with Crippen LogP contribution in [0.1, 0.15) is 28.7 Å². The second kappa shape index (κ2) is 7.00. The summed E-state index contributed by atoms with van der Waals surface area (Å²) in [6.07, 6.45) is -0.144. The number of carbonyl (C=O) groups excluding carboxylic acids is 4. The molecule has 32 heavy (non-hydrogen) atoms. The molecule has 0 aliphatic carbocycles. The fourth-order valence-electron chi connectivity index (χ4n) is 5.49. The number of anilines is 1. The summed E-state index contributed by atoms with van der Waals surface area (Å²) in [7, 11) is 0. The molecule has 1 spiro atoms. The van der Waals surface area contributed by atoms with Gasteiger partial charge in [0.1, 0.15) is 5.54 Å². The fraction of sp³-hybridized carbons (Fsp3) is 0.333. The van der Waals surface area contributed by atoms with Gasteiger partial charge in [-0.15, -0.1) is 0 Å². The smallest absolute Gasteiger partial charge is 0.250 e. The van der Waals surface area contributed by atoms with Crippen LogP contribution in [0, 0.1) is 25.7 Å². The van der Waals surface area contributed by atoms with Crippen molar-refractivity contribution in [1.29, 1.82) is 0 Å². The van der Waals surface area contributed by atoms with Gasteiger partial charge in [0.2, 0.25) is 23.6 Å². The summed E-state index contributed by atoms with van der Waals surface area (Å²) in [6.45, 7) is 3.97. The first kappa shape index (κ1) is 20.4. The average Bonchev–Trinajstić information content (AvgIpc) is 3.32. The molecule has 164 valence electrons. The standard InChI is InChI=1S/C24H24N4O4/c1-12-8-9-15-20(13(12)2)26-23(32)24(15)19-18(16(27-24)10-17(25)29)21(30)28(22(19)31)11-14-6-4-3-5-7-14/h3-9,16,18-19,27H,10-11H2,1-2H3,(H2,25,29)(H,26,32)/t16-,18+,19+,24-/m0/s1. The zero-order chi connectivity index (χ0) is 22.8. The summed E-state index contributed by atoms with van der Waals surface area (Å²) >= 11 is 0. The molecule has 0 radical (unpaired) electrons. The van der Waals surface area contributed by atoms with E-state index in [1.54, 1.807) is 0 Å². The molecule has 0 saturated carbocycles. The lowest BCUT2D eigenvalue weighted by atomic mass is 9.76. The third kappa shape index (κ3) is 2.65. The Bertz CT molecular complexity index is 1180. The largest absolute Gasteiger partial charge is 0.370 e. The van der Waals surface area contributed by atoms with Gasteiger partial charge in [-0.25, -0.2) is 0 Å². The van der Waals surface area contributed by atoms with Crippen LogP contribution in [0.4, 0.5) is 5.69 Å². The number of nitrogens with one attached hydrogen (secondary N) is 2. The van der Waals surface area contributed by atoms with Crippen LogP contribution in [0.2, 0.25) is 0 Å². The Kier molecular flexibility index (Phi) is 4.46. The van der Waals surface area contributed by atoms with Gasteiger partial charge in [-0.05, 0) is 30.5 Å². The van der Waals surface area contributed by atoms with Crippen molar-refractivity contribution in [3.63, 3.8) is 0 Å². The second-order valence-corrected chi connectivity index (χ2v) is 8.87. The SMILES string of the molecule is Cc1ccc2c(c1C)NC(=O)[C@]21N[C@@H](CC(N)=O)[C@H]2C(=O)N(Cc3ccccc3)C(=O)[C@@H]21. The van der Waals surface area contributed by atoms with E-state index < -0.39 is 35.2 Å². The van der Waals surface area contributed by atoms with E-state index in [1.807, 2.05) is 56.3 Å². The summed E-state index contributed by atoms with van der Waals surface area (Å²) in [5.41, 5.74) is 8.05. The Morgan fingerprint density at radius 1 is 1.06 bits per heavy atom. The van der Waals surface area contributed by atoms with Crippen molar-refractivity contribution in [3.8, 4) is 0 Å². The van der Waals surface area contributed by atoms with E-state index in [1.165, 1.54) is 4.90 Å². The molecule has 0 bridgehead atoms. The highest BCUT2D eigenvalue weighted by Gasteiger charge is 2.70. The van der Waals surface area contributed by atoms with Crippen LogP contribution in [0.3, 0.4) is 0 Å². The number of nitrogens with two attached hydrogens (primary N) is 1. The monoisotopic (exact) mass is 432 g/mol. The van der Waals surface area contributed by atoms with Crippen molar-refractivity contribution in [3.05, 3.63) is 64.7 Å². The molecule has 2 saturated heterocycles. The van der Waals surface area contributed by atoms with Gasteiger partial charge in [-0.2, -0.15) is 0 Å². The maximum atomic E-state index is 13.7. The summed E-state index contributed by atoms with van der Waals surface area (Å²) in [5, 5.41) is 6.14. The summed E-state index contributed by atoms with van der Waals surface area (Å²) in [5.74, 6) is -3.58. The predicted octanol–water partition coefficient (Wildman–Crippen LogP) is 1.10. The van der Waals surface area contributed by atoms with Crippen LogP contribution in [0.5, 0.6) is 0 Å². The van der Waals surface area contributed by atoms with Crippen molar-refractivity contribution in [2.24, 2.45) is 17.6 Å². The molecule has 8 heteroatoms. The molecule has 8 nitrogen and oxygen atoms in total. The second-order valence-electron chi connectivity index (χ2n) is 8.87. The van der Waals surface area contributed by atoms with Gasteiger partial charge in [0.15, 0.2) is 0 Å². The average molecular weight is 432 g/mol. The summed E-state index contributed by atoms with van der Waals surface area (Å²) in [6, 6.07) is 12.2. The van der Waals surface area contributed by atoms with Gasteiger partial charge in [0.05, 0.1) is 18.4 Å². The fourth-order valence-corrected chi connectivity index (χ4v) is 5.49. The van der Waals surface area contributed by atoms with Gasteiger partial charge in [0.25, 0.3) is 0 Å². The van der Waals surface area contributed by atoms with Crippen molar-refractivity contribution in [1.82, 2.24) is 10.2 Å². The van der Waals surface area contributed by atoms with E-state index in [-0.39, 0.29) is 24.8 Å². The van der Waals surface area contributed by atoms with Crippen molar-refractivity contribution < 1.29 is 19.2 Å². The normalized spacial score (nSPS) is 28.2. The molecule has 3 heterocycles. The van der Waals surface area contributed by atoms with Crippen molar-refractivity contribution in [2.75, 3.05) is 5.32 Å². The van der Waals surface area contributed by atoms with Gasteiger partial charge < -0.3 is 11.1 Å². The van der Waals surface area contributed by atoms with E-state index >= 15 is 0 Å². The van der Waals surface area contributed by atoms with Crippen LogP contribution in [-0.2, 0) is 31.3 Å². The van der Waals surface area contributed by atoms with E-state index in [2.05, 4.69) is 10.6 Å². The first-order valence-electron chi connectivity index (χ1n) is 10.6. The first-order chi connectivity index (χ1) is 15.3. The molecule has 0 aromatic heterocycles. The molecule has 2 aromatic rings. The highest BCUT2D eigenvalue weighted by atomic mass is 16.2. The number of hydrogen-bond donors (Lipinski definition) is 3. The molecular formula is C24H24N4O4. The first-order valence-corrected chi connectivity index (χ1v) is 10.6. The van der Waals surface area contributed by atoms with Crippen LogP contribution in [-0.4, -0.2) is 34.6 Å². The minimum atomic E-state index is -1.42. The number of likely N-dealkylation sites (tertiary alicyclic amines) is 1. The van der Waals surface area contributed by atoms with Gasteiger partial charge in [-0.1, -0.05) is 42.5 Å². The number of benzene rings is 2. The van der Waals surface area contributed by atoms with Gasteiger partial charge >= 0.3 is 0 Å². The number of nitrogens with zero attached hydrogens (tertiary/aromatic N) is 1. The molecule has 2 fully saturated rings. The minimum absolute atomic E-state index is 0.117. The quantitative estimate of drug-likeness (QED) is 0.625. The Morgan fingerprint density at radius 2 is 1.78 bits per heavy atom. The predicted molar refractivity (Wildman–Crippen MR) is 116 cm³/mol. The third-order valence-electron chi connectivity index (χ3n) is 7.12. The molecule has 2 aromatic carbocycles. The molecule has 5 rings (SSSR count). The third-order valence-corrected chi connectivity index (χ3v) is 7.12. The highest BCUT2D eigenvalue weighted by Crippen LogP contribution is 2.54. The zero-order valence-electron chi connectivity index (χ0n) is 17.8. The van der Waals surface area contributed by atoms with Crippen molar-refractivity contribution in [2.45, 2.75) is 38.4 Å². The summed E-state index contributed by atoms with van der Waals surface area (Å²) < 4.78 is 0. The van der Waals surface area contributed by atoms with E-state index in [9.17, 15) is 19.2 Å². The Morgan fingerprint density at radius 3 is 2.47 bits per heavy atom. The highest BCUT2D eigenvalue weighted by molar-refractivity contribution is 6.15. The van der Waals surface area contributed by atoms with E-state index in [0.717, 1.165) is 16.7 Å². The van der Waals surface area contributed by atoms with Gasteiger partial charge in [-0.3, -0.25) is 29.4 Å². The Hall–Kier alpha value is -3.52. The number of rotatable bonds is 4. The molecule has 4 amide bonds. The number of aryl methyl sites for hydroxylation is 1. The number of carbonyl (C=O) groups is 4. The van der Waals surface area contributed by atoms with Crippen LogP contribution < -0.4 is 16.4 Å². The molecule has 3 aliphatic rings. The number of imide groups is 1. The maximum absolute atomic E-state index is 13.7. The molecule has 4 atom stereocenters. The molecule has 3 aliphatic heterocycles. The van der Waals surface area contributed by atoms with Crippen LogP contribution >= 0.6 is 0 Å². The number of primary amides is 1. The number of fused-ring (bicyclic) bond motifs is 4. The number of amides is 4. The molecule has 0 unspecified atom stereocenters. The van der Waals surface area contributed by atoms with Crippen molar-refractivity contribution >= 4 is 29.3 Å². The van der Waals surface area contributed by atoms with Gasteiger partial charge in [0, 0.05) is 23.7 Å². The topological polar surface area (TPSA) is 122 Å². The molecule has 4 N–H and O–H groups in total. The molecular weight excluding hydrogens is 408 g/mol.